The minimum Gasteiger partial charge on any atom is -0.496 e. The third kappa shape index (κ3) is 3.11. The van der Waals surface area contributed by atoms with Crippen molar-refractivity contribution in [3.8, 4) is 11.5 Å². The zero-order chi connectivity index (χ0) is 14.5. The average molecular weight is 271 g/mol. The van der Waals surface area contributed by atoms with Crippen molar-refractivity contribution >= 4 is 0 Å². The molecule has 0 aromatic heterocycles. The molecule has 0 heterocycles. The summed E-state index contributed by atoms with van der Waals surface area (Å²) in [4.78, 5) is 0. The summed E-state index contributed by atoms with van der Waals surface area (Å²) in [6, 6.07) is 13.6. The summed E-state index contributed by atoms with van der Waals surface area (Å²) in [5.41, 5.74) is 9.53. The zero-order valence-corrected chi connectivity index (χ0v) is 12.2. The van der Waals surface area contributed by atoms with Crippen LogP contribution in [0.4, 0.5) is 0 Å². The van der Waals surface area contributed by atoms with Gasteiger partial charge < -0.3 is 15.2 Å². The minimum atomic E-state index is -0.217. The molecule has 0 saturated heterocycles. The maximum Gasteiger partial charge on any atom is 0.123 e. The van der Waals surface area contributed by atoms with E-state index in [0.29, 0.717) is 6.61 Å². The lowest BCUT2D eigenvalue weighted by molar-refractivity contribution is 0.284. The van der Waals surface area contributed by atoms with E-state index < -0.39 is 0 Å². The van der Waals surface area contributed by atoms with E-state index in [4.69, 9.17) is 15.2 Å². The van der Waals surface area contributed by atoms with E-state index in [0.717, 1.165) is 22.6 Å². The molecule has 0 bridgehead atoms. The third-order valence-electron chi connectivity index (χ3n) is 3.51. The molecule has 106 valence electrons. The van der Waals surface area contributed by atoms with Gasteiger partial charge in [-0.2, -0.15) is 0 Å². The first-order chi connectivity index (χ1) is 9.63. The van der Waals surface area contributed by atoms with E-state index in [2.05, 4.69) is 19.9 Å². The fourth-order valence-electron chi connectivity index (χ4n) is 2.12. The Balaban J connectivity index is 2.09. The van der Waals surface area contributed by atoms with Crippen molar-refractivity contribution in [3.63, 3.8) is 0 Å². The molecule has 0 radical (unpaired) electrons. The predicted octanol–water partition coefficient (Wildman–Crippen LogP) is 3.39. The van der Waals surface area contributed by atoms with Crippen LogP contribution in [0, 0.1) is 13.8 Å². The maximum atomic E-state index is 6.20. The first-order valence-corrected chi connectivity index (χ1v) is 6.71. The summed E-state index contributed by atoms with van der Waals surface area (Å²) in [6.07, 6.45) is 0. The van der Waals surface area contributed by atoms with E-state index in [-0.39, 0.29) is 6.04 Å². The van der Waals surface area contributed by atoms with Gasteiger partial charge in [-0.3, -0.25) is 0 Å². The number of methoxy groups -OCH3 is 1. The fraction of sp³-hybridized carbons (Fsp3) is 0.294. The average Bonchev–Trinajstić information content (AvgIpc) is 2.48. The smallest absolute Gasteiger partial charge is 0.123 e. The van der Waals surface area contributed by atoms with Gasteiger partial charge in [0.15, 0.2) is 0 Å². The molecule has 3 nitrogen and oxygen atoms in total. The van der Waals surface area contributed by atoms with Crippen LogP contribution in [-0.2, 0) is 0 Å². The molecule has 1 atom stereocenters. The second-order valence-corrected chi connectivity index (χ2v) is 4.86. The van der Waals surface area contributed by atoms with Crippen LogP contribution in [-0.4, -0.2) is 13.7 Å². The van der Waals surface area contributed by atoms with E-state index in [1.54, 1.807) is 7.11 Å². The number of benzene rings is 2. The van der Waals surface area contributed by atoms with Gasteiger partial charge in [0.25, 0.3) is 0 Å². The first-order valence-electron chi connectivity index (χ1n) is 6.71. The molecular formula is C17H21NO2. The topological polar surface area (TPSA) is 44.5 Å². The van der Waals surface area contributed by atoms with Crippen molar-refractivity contribution in [3.05, 3.63) is 59.2 Å². The molecule has 0 aliphatic carbocycles. The van der Waals surface area contributed by atoms with Gasteiger partial charge in [-0.1, -0.05) is 30.3 Å². The number of para-hydroxylation sites is 1. The number of hydrogen-bond acceptors (Lipinski definition) is 3. The molecule has 2 aromatic rings. The lowest BCUT2D eigenvalue weighted by Crippen LogP contribution is -2.20. The van der Waals surface area contributed by atoms with Crippen LogP contribution in [0.2, 0.25) is 0 Å². The minimum absolute atomic E-state index is 0.217. The van der Waals surface area contributed by atoms with Crippen LogP contribution in [0.5, 0.6) is 11.5 Å². The van der Waals surface area contributed by atoms with Gasteiger partial charge in [0.05, 0.1) is 13.2 Å². The van der Waals surface area contributed by atoms with Gasteiger partial charge in [-0.25, -0.2) is 0 Å². The highest BCUT2D eigenvalue weighted by atomic mass is 16.5. The molecule has 2 aromatic carbocycles. The second kappa shape index (κ2) is 6.44. The van der Waals surface area contributed by atoms with Gasteiger partial charge >= 0.3 is 0 Å². The van der Waals surface area contributed by atoms with Crippen molar-refractivity contribution in [1.29, 1.82) is 0 Å². The number of aryl methyl sites for hydroxylation is 1. The van der Waals surface area contributed by atoms with Gasteiger partial charge in [-0.05, 0) is 37.1 Å². The summed E-state index contributed by atoms with van der Waals surface area (Å²) in [7, 11) is 1.65. The zero-order valence-electron chi connectivity index (χ0n) is 12.2. The summed E-state index contributed by atoms with van der Waals surface area (Å²) >= 11 is 0. The van der Waals surface area contributed by atoms with E-state index in [9.17, 15) is 0 Å². The standard InChI is InChI=1S/C17H21NO2/c1-12-7-6-10-16(13(12)2)20-11-15(18)14-8-4-5-9-17(14)19-3/h4-10,15H,11,18H2,1-3H3. The fourth-order valence-corrected chi connectivity index (χ4v) is 2.12. The van der Waals surface area contributed by atoms with Gasteiger partial charge in [0.1, 0.15) is 18.1 Å². The Hall–Kier alpha value is -2.00. The number of nitrogens with two attached hydrogens (primary N) is 1. The molecule has 0 fully saturated rings. The second-order valence-electron chi connectivity index (χ2n) is 4.86. The van der Waals surface area contributed by atoms with Crippen molar-refractivity contribution in [2.24, 2.45) is 5.73 Å². The monoisotopic (exact) mass is 271 g/mol. The molecular weight excluding hydrogens is 250 g/mol. The van der Waals surface area contributed by atoms with Crippen LogP contribution in [0.25, 0.3) is 0 Å². The Morgan fingerprint density at radius 1 is 1.00 bits per heavy atom. The Bertz CT molecular complexity index is 581. The Morgan fingerprint density at radius 3 is 2.45 bits per heavy atom. The normalized spacial score (nSPS) is 12.0. The van der Waals surface area contributed by atoms with Gasteiger partial charge in [-0.15, -0.1) is 0 Å². The highest BCUT2D eigenvalue weighted by molar-refractivity contribution is 5.39. The maximum absolute atomic E-state index is 6.20. The molecule has 20 heavy (non-hydrogen) atoms. The predicted molar refractivity (Wildman–Crippen MR) is 81.3 cm³/mol. The van der Waals surface area contributed by atoms with Crippen LogP contribution in [0.3, 0.4) is 0 Å². The Labute approximate surface area is 120 Å². The molecule has 0 spiro atoms. The summed E-state index contributed by atoms with van der Waals surface area (Å²) in [6.45, 7) is 4.55. The number of rotatable bonds is 5. The van der Waals surface area contributed by atoms with Crippen LogP contribution in [0.1, 0.15) is 22.7 Å². The highest BCUT2D eigenvalue weighted by Gasteiger charge is 2.12. The van der Waals surface area contributed by atoms with Gasteiger partial charge in [0.2, 0.25) is 0 Å². The molecule has 2 N–H and O–H groups in total. The number of hydrogen-bond donors (Lipinski definition) is 1. The largest absolute Gasteiger partial charge is 0.496 e. The molecule has 0 amide bonds. The van der Waals surface area contributed by atoms with E-state index in [1.807, 2.05) is 36.4 Å². The quantitative estimate of drug-likeness (QED) is 0.906. The summed E-state index contributed by atoms with van der Waals surface area (Å²) < 4.78 is 11.2. The van der Waals surface area contributed by atoms with Crippen molar-refractivity contribution in [1.82, 2.24) is 0 Å². The van der Waals surface area contributed by atoms with E-state index >= 15 is 0 Å². The van der Waals surface area contributed by atoms with Crippen LogP contribution >= 0.6 is 0 Å². The van der Waals surface area contributed by atoms with Gasteiger partial charge in [0, 0.05) is 5.56 Å². The van der Waals surface area contributed by atoms with Crippen molar-refractivity contribution in [2.45, 2.75) is 19.9 Å². The number of ether oxygens (including phenoxy) is 2. The molecule has 1 unspecified atom stereocenters. The highest BCUT2D eigenvalue weighted by Crippen LogP contribution is 2.25. The lowest BCUT2D eigenvalue weighted by atomic mass is 10.1. The van der Waals surface area contributed by atoms with Crippen LogP contribution in [0.15, 0.2) is 42.5 Å². The van der Waals surface area contributed by atoms with Crippen LogP contribution < -0.4 is 15.2 Å². The Morgan fingerprint density at radius 2 is 1.70 bits per heavy atom. The first kappa shape index (κ1) is 14.4. The molecule has 0 aliphatic heterocycles. The third-order valence-corrected chi connectivity index (χ3v) is 3.51. The molecule has 3 heteroatoms. The SMILES string of the molecule is COc1ccccc1C(N)COc1cccc(C)c1C. The molecule has 0 saturated carbocycles. The molecule has 2 rings (SSSR count). The molecule has 0 aliphatic rings. The van der Waals surface area contributed by atoms with Crippen molar-refractivity contribution in [2.75, 3.05) is 13.7 Å². The van der Waals surface area contributed by atoms with Crippen molar-refractivity contribution < 1.29 is 9.47 Å². The summed E-state index contributed by atoms with van der Waals surface area (Å²) in [5.74, 6) is 1.68. The Kier molecular flexibility index (Phi) is 4.64. The van der Waals surface area contributed by atoms with E-state index in [1.165, 1.54) is 5.56 Å². The summed E-state index contributed by atoms with van der Waals surface area (Å²) in [5, 5.41) is 0. The lowest BCUT2D eigenvalue weighted by Gasteiger charge is -2.17.